The first-order chi connectivity index (χ1) is 9.00. The van der Waals surface area contributed by atoms with Crippen molar-refractivity contribution in [2.24, 2.45) is 5.41 Å². The molecule has 1 aromatic carbocycles. The smallest absolute Gasteiger partial charge is 0.252 e. The quantitative estimate of drug-likeness (QED) is 0.900. The van der Waals surface area contributed by atoms with Gasteiger partial charge in [-0.3, -0.25) is 4.79 Å². The minimum absolute atomic E-state index is 0.159. The van der Waals surface area contributed by atoms with E-state index in [9.17, 15) is 4.79 Å². The zero-order valence-electron chi connectivity index (χ0n) is 10.9. The van der Waals surface area contributed by atoms with E-state index in [1.165, 1.54) is 0 Å². The third-order valence-electron chi connectivity index (χ3n) is 3.66. The van der Waals surface area contributed by atoms with Crippen molar-refractivity contribution in [1.29, 1.82) is 0 Å². The van der Waals surface area contributed by atoms with E-state index in [0.29, 0.717) is 22.2 Å². The lowest BCUT2D eigenvalue weighted by Gasteiger charge is -2.34. The summed E-state index contributed by atoms with van der Waals surface area (Å²) in [5.74, 6) is -0.160. The molecule has 1 fully saturated rings. The van der Waals surface area contributed by atoms with Gasteiger partial charge in [-0.1, -0.05) is 30.1 Å². The summed E-state index contributed by atoms with van der Waals surface area (Å²) in [5, 5.41) is 7.24. The van der Waals surface area contributed by atoms with Crippen molar-refractivity contribution in [3.8, 4) is 0 Å². The van der Waals surface area contributed by atoms with Crippen molar-refractivity contribution in [3.05, 3.63) is 33.8 Å². The van der Waals surface area contributed by atoms with Crippen molar-refractivity contribution in [2.75, 3.05) is 19.6 Å². The van der Waals surface area contributed by atoms with Crippen molar-refractivity contribution in [1.82, 2.24) is 10.6 Å². The molecule has 5 heteroatoms. The normalized spacial score (nSPS) is 18.1. The Bertz CT molecular complexity index is 471. The average molecular weight is 301 g/mol. The van der Waals surface area contributed by atoms with Gasteiger partial charge in [0, 0.05) is 11.6 Å². The van der Waals surface area contributed by atoms with Gasteiger partial charge in [-0.25, -0.2) is 0 Å². The molecule has 0 aromatic heterocycles. The van der Waals surface area contributed by atoms with Gasteiger partial charge >= 0.3 is 0 Å². The standard InChI is InChI=1S/C14H18Cl2N2O/c1-14(4-6-17-7-5-14)9-18-13(19)11-8-10(15)2-3-12(11)16/h2-3,8,17H,4-7,9H2,1H3,(H,18,19). The van der Waals surface area contributed by atoms with Crippen LogP contribution < -0.4 is 10.6 Å². The molecule has 104 valence electrons. The lowest BCUT2D eigenvalue weighted by Crippen LogP contribution is -2.42. The van der Waals surface area contributed by atoms with E-state index in [4.69, 9.17) is 23.2 Å². The molecular weight excluding hydrogens is 283 g/mol. The van der Waals surface area contributed by atoms with Crippen molar-refractivity contribution < 1.29 is 4.79 Å². The third-order valence-corrected chi connectivity index (χ3v) is 4.22. The van der Waals surface area contributed by atoms with Crippen LogP contribution in [-0.2, 0) is 0 Å². The summed E-state index contributed by atoms with van der Waals surface area (Å²) in [6, 6.07) is 4.92. The summed E-state index contributed by atoms with van der Waals surface area (Å²) < 4.78 is 0. The molecule has 1 saturated heterocycles. The maximum Gasteiger partial charge on any atom is 0.252 e. The number of piperidine rings is 1. The summed E-state index contributed by atoms with van der Waals surface area (Å²) in [6.45, 7) is 4.87. The molecular formula is C14H18Cl2N2O. The lowest BCUT2D eigenvalue weighted by molar-refractivity contribution is 0.0922. The van der Waals surface area contributed by atoms with Crippen LogP contribution in [-0.4, -0.2) is 25.5 Å². The molecule has 0 spiro atoms. The topological polar surface area (TPSA) is 41.1 Å². The lowest BCUT2D eigenvalue weighted by atomic mass is 9.81. The first-order valence-electron chi connectivity index (χ1n) is 6.44. The Labute approximate surface area is 123 Å². The number of carbonyl (C=O) groups excluding carboxylic acids is 1. The fourth-order valence-corrected chi connectivity index (χ4v) is 2.64. The van der Waals surface area contributed by atoms with E-state index < -0.39 is 0 Å². The summed E-state index contributed by atoms with van der Waals surface area (Å²) in [6.07, 6.45) is 2.13. The average Bonchev–Trinajstić information content (AvgIpc) is 2.40. The van der Waals surface area contributed by atoms with Crippen LogP contribution in [0.4, 0.5) is 0 Å². The second-order valence-electron chi connectivity index (χ2n) is 5.37. The second-order valence-corrected chi connectivity index (χ2v) is 6.21. The first kappa shape index (κ1) is 14.6. The van der Waals surface area contributed by atoms with Gasteiger partial charge in [-0.05, 0) is 49.5 Å². The number of halogens is 2. The predicted molar refractivity (Wildman–Crippen MR) is 79.0 cm³/mol. The van der Waals surface area contributed by atoms with Crippen LogP contribution in [0, 0.1) is 5.41 Å². The Morgan fingerprint density at radius 1 is 1.37 bits per heavy atom. The number of nitrogens with one attached hydrogen (secondary N) is 2. The Balaban J connectivity index is 1.99. The predicted octanol–water partition coefficient (Wildman–Crippen LogP) is 3.11. The zero-order valence-corrected chi connectivity index (χ0v) is 12.4. The molecule has 0 saturated carbocycles. The van der Waals surface area contributed by atoms with Gasteiger partial charge in [-0.15, -0.1) is 0 Å². The Hall–Kier alpha value is -0.770. The summed E-state index contributed by atoms with van der Waals surface area (Å²) in [7, 11) is 0. The minimum atomic E-state index is -0.160. The van der Waals surface area contributed by atoms with E-state index in [1.54, 1.807) is 18.2 Å². The van der Waals surface area contributed by atoms with E-state index in [-0.39, 0.29) is 11.3 Å². The maximum atomic E-state index is 12.1. The number of benzene rings is 1. The molecule has 0 aliphatic carbocycles. The van der Waals surface area contributed by atoms with Gasteiger partial charge in [0.15, 0.2) is 0 Å². The SMILES string of the molecule is CC1(CNC(=O)c2cc(Cl)ccc2Cl)CCNCC1. The van der Waals surface area contributed by atoms with Gasteiger partial charge < -0.3 is 10.6 Å². The summed E-state index contributed by atoms with van der Waals surface area (Å²) in [4.78, 5) is 12.1. The third kappa shape index (κ3) is 3.85. The molecule has 0 atom stereocenters. The number of carbonyl (C=O) groups is 1. The molecule has 1 aromatic rings. The highest BCUT2D eigenvalue weighted by molar-refractivity contribution is 6.35. The van der Waals surface area contributed by atoms with Crippen LogP contribution in [0.1, 0.15) is 30.1 Å². The van der Waals surface area contributed by atoms with Gasteiger partial charge in [0.25, 0.3) is 5.91 Å². The Kier molecular flexibility index (Phi) is 4.71. The van der Waals surface area contributed by atoms with E-state index in [0.717, 1.165) is 25.9 Å². The van der Waals surface area contributed by atoms with Gasteiger partial charge in [0.1, 0.15) is 0 Å². The van der Waals surface area contributed by atoms with Crippen LogP contribution in [0.5, 0.6) is 0 Å². The fraction of sp³-hybridized carbons (Fsp3) is 0.500. The largest absolute Gasteiger partial charge is 0.351 e. The van der Waals surface area contributed by atoms with Crippen LogP contribution in [0.2, 0.25) is 10.0 Å². The molecule has 1 aliphatic rings. The molecule has 0 unspecified atom stereocenters. The van der Waals surface area contributed by atoms with Gasteiger partial charge in [0.2, 0.25) is 0 Å². The van der Waals surface area contributed by atoms with E-state index in [2.05, 4.69) is 17.6 Å². The molecule has 19 heavy (non-hydrogen) atoms. The molecule has 2 N–H and O–H groups in total. The molecule has 2 rings (SSSR count). The molecule has 1 heterocycles. The fourth-order valence-electron chi connectivity index (χ4n) is 2.27. The summed E-state index contributed by atoms with van der Waals surface area (Å²) in [5.41, 5.74) is 0.595. The van der Waals surface area contributed by atoms with Crippen molar-refractivity contribution in [2.45, 2.75) is 19.8 Å². The van der Waals surface area contributed by atoms with Crippen LogP contribution in [0.3, 0.4) is 0 Å². The van der Waals surface area contributed by atoms with Crippen molar-refractivity contribution >= 4 is 29.1 Å². The number of hydrogen-bond acceptors (Lipinski definition) is 2. The Morgan fingerprint density at radius 3 is 2.74 bits per heavy atom. The van der Waals surface area contributed by atoms with Gasteiger partial charge in [-0.2, -0.15) is 0 Å². The van der Waals surface area contributed by atoms with Crippen LogP contribution >= 0.6 is 23.2 Å². The number of amides is 1. The summed E-state index contributed by atoms with van der Waals surface area (Å²) >= 11 is 11.9. The highest BCUT2D eigenvalue weighted by Crippen LogP contribution is 2.27. The number of rotatable bonds is 3. The molecule has 0 radical (unpaired) electrons. The molecule has 3 nitrogen and oxygen atoms in total. The second kappa shape index (κ2) is 6.12. The zero-order chi connectivity index (χ0) is 13.9. The van der Waals surface area contributed by atoms with E-state index in [1.807, 2.05) is 0 Å². The highest BCUT2D eigenvalue weighted by atomic mass is 35.5. The minimum Gasteiger partial charge on any atom is -0.351 e. The maximum absolute atomic E-state index is 12.1. The molecule has 1 aliphatic heterocycles. The Morgan fingerprint density at radius 2 is 2.05 bits per heavy atom. The molecule has 0 bridgehead atoms. The monoisotopic (exact) mass is 300 g/mol. The van der Waals surface area contributed by atoms with Crippen LogP contribution in [0.15, 0.2) is 18.2 Å². The van der Waals surface area contributed by atoms with Gasteiger partial charge in [0.05, 0.1) is 10.6 Å². The van der Waals surface area contributed by atoms with Crippen LogP contribution in [0.25, 0.3) is 0 Å². The van der Waals surface area contributed by atoms with Crippen molar-refractivity contribution in [3.63, 3.8) is 0 Å². The first-order valence-corrected chi connectivity index (χ1v) is 7.20. The molecule has 1 amide bonds. The number of hydrogen-bond donors (Lipinski definition) is 2. The van der Waals surface area contributed by atoms with E-state index >= 15 is 0 Å². The highest BCUT2D eigenvalue weighted by Gasteiger charge is 2.27.